The van der Waals surface area contributed by atoms with Gasteiger partial charge in [-0.25, -0.2) is 13.2 Å². The maximum absolute atomic E-state index is 11.6. The molecule has 2 aromatic carbocycles. The third-order valence-corrected chi connectivity index (χ3v) is 4.80. The van der Waals surface area contributed by atoms with Crippen molar-refractivity contribution in [1.29, 1.82) is 0 Å². The van der Waals surface area contributed by atoms with E-state index in [2.05, 4.69) is 10.2 Å². The lowest BCUT2D eigenvalue weighted by Gasteiger charge is -2.02. The number of benzene rings is 2. The number of sulfone groups is 1. The predicted octanol–water partition coefficient (Wildman–Crippen LogP) is 3.16. The SMILES string of the molecule is CS(=O)(=O)c1ccc(-c2nnc(-c3cccc(C(=O)O)c3)o2)c(Cl)c1. The minimum Gasteiger partial charge on any atom is -0.478 e. The second-order valence-electron chi connectivity index (χ2n) is 5.21. The highest BCUT2D eigenvalue weighted by Crippen LogP contribution is 2.31. The first-order valence-electron chi connectivity index (χ1n) is 6.93. The Bertz CT molecular complexity index is 1080. The molecule has 3 rings (SSSR count). The van der Waals surface area contributed by atoms with Crippen molar-refractivity contribution in [3.8, 4) is 22.9 Å². The summed E-state index contributed by atoms with van der Waals surface area (Å²) in [6.07, 6.45) is 1.08. The summed E-state index contributed by atoms with van der Waals surface area (Å²) in [7, 11) is -3.38. The number of carboxylic acids is 1. The number of hydrogen-bond acceptors (Lipinski definition) is 6. The first-order valence-corrected chi connectivity index (χ1v) is 9.20. The number of carboxylic acid groups (broad SMARTS) is 1. The maximum Gasteiger partial charge on any atom is 0.335 e. The van der Waals surface area contributed by atoms with Crippen molar-refractivity contribution >= 4 is 27.4 Å². The van der Waals surface area contributed by atoms with Crippen molar-refractivity contribution < 1.29 is 22.7 Å². The first kappa shape index (κ1) is 17.1. The molecular weight excluding hydrogens is 368 g/mol. The number of nitrogens with zero attached hydrogens (tertiary/aromatic N) is 2. The van der Waals surface area contributed by atoms with Crippen molar-refractivity contribution in [2.75, 3.05) is 6.26 Å². The zero-order valence-electron chi connectivity index (χ0n) is 12.8. The quantitative estimate of drug-likeness (QED) is 0.742. The van der Waals surface area contributed by atoms with Crippen molar-refractivity contribution in [3.05, 3.63) is 53.1 Å². The van der Waals surface area contributed by atoms with Crippen molar-refractivity contribution in [2.45, 2.75) is 4.90 Å². The van der Waals surface area contributed by atoms with Gasteiger partial charge in [-0.15, -0.1) is 10.2 Å². The van der Waals surface area contributed by atoms with Crippen LogP contribution < -0.4 is 0 Å². The van der Waals surface area contributed by atoms with E-state index in [9.17, 15) is 13.2 Å². The van der Waals surface area contributed by atoms with Gasteiger partial charge in [0.1, 0.15) is 0 Å². The van der Waals surface area contributed by atoms with Gasteiger partial charge in [-0.3, -0.25) is 0 Å². The van der Waals surface area contributed by atoms with Gasteiger partial charge in [0.15, 0.2) is 9.84 Å². The van der Waals surface area contributed by atoms with Crippen LogP contribution in [0.2, 0.25) is 5.02 Å². The molecule has 0 atom stereocenters. The molecule has 1 heterocycles. The van der Waals surface area contributed by atoms with Crippen LogP contribution in [0.25, 0.3) is 22.9 Å². The van der Waals surface area contributed by atoms with E-state index < -0.39 is 15.8 Å². The van der Waals surface area contributed by atoms with E-state index in [4.69, 9.17) is 21.1 Å². The summed E-state index contributed by atoms with van der Waals surface area (Å²) in [6.45, 7) is 0. The number of rotatable bonds is 4. The lowest BCUT2D eigenvalue weighted by atomic mass is 10.1. The third-order valence-electron chi connectivity index (χ3n) is 3.38. The molecule has 0 aliphatic rings. The Morgan fingerprint density at radius 2 is 1.84 bits per heavy atom. The van der Waals surface area contributed by atoms with Crippen LogP contribution in [0.5, 0.6) is 0 Å². The van der Waals surface area contributed by atoms with Gasteiger partial charge in [-0.05, 0) is 36.4 Å². The van der Waals surface area contributed by atoms with Crippen molar-refractivity contribution in [1.82, 2.24) is 10.2 Å². The average molecular weight is 379 g/mol. The van der Waals surface area contributed by atoms with E-state index >= 15 is 0 Å². The smallest absolute Gasteiger partial charge is 0.335 e. The van der Waals surface area contributed by atoms with Gasteiger partial charge in [-0.2, -0.15) is 0 Å². The number of aromatic carboxylic acids is 1. The molecule has 0 amide bonds. The summed E-state index contributed by atoms with van der Waals surface area (Å²) in [5.41, 5.74) is 0.914. The van der Waals surface area contributed by atoms with Gasteiger partial charge in [-0.1, -0.05) is 17.7 Å². The predicted molar refractivity (Wildman–Crippen MR) is 90.2 cm³/mol. The minimum absolute atomic E-state index is 0.0788. The normalized spacial score (nSPS) is 11.4. The molecule has 0 radical (unpaired) electrons. The summed E-state index contributed by atoms with van der Waals surface area (Å²) >= 11 is 6.12. The molecule has 25 heavy (non-hydrogen) atoms. The van der Waals surface area contributed by atoms with E-state index in [1.807, 2.05) is 0 Å². The molecule has 0 aliphatic heterocycles. The number of carbonyl (C=O) groups is 1. The Kier molecular flexibility index (Phi) is 4.32. The van der Waals surface area contributed by atoms with Crippen LogP contribution in [-0.4, -0.2) is 35.9 Å². The second-order valence-corrected chi connectivity index (χ2v) is 7.64. The Morgan fingerprint density at radius 3 is 2.48 bits per heavy atom. The van der Waals surface area contributed by atoms with Crippen LogP contribution in [0.3, 0.4) is 0 Å². The highest BCUT2D eigenvalue weighted by molar-refractivity contribution is 7.90. The van der Waals surface area contributed by atoms with Crippen LogP contribution in [0.1, 0.15) is 10.4 Å². The fraction of sp³-hybridized carbons (Fsp3) is 0.0625. The van der Waals surface area contributed by atoms with Crippen LogP contribution in [-0.2, 0) is 9.84 Å². The van der Waals surface area contributed by atoms with Crippen molar-refractivity contribution in [2.24, 2.45) is 0 Å². The van der Waals surface area contributed by atoms with Crippen LogP contribution >= 0.6 is 11.6 Å². The molecule has 3 aromatic rings. The van der Waals surface area contributed by atoms with Crippen LogP contribution in [0, 0.1) is 0 Å². The lowest BCUT2D eigenvalue weighted by molar-refractivity contribution is 0.0697. The van der Waals surface area contributed by atoms with Gasteiger partial charge < -0.3 is 9.52 Å². The molecule has 128 valence electrons. The van der Waals surface area contributed by atoms with E-state index in [1.54, 1.807) is 12.1 Å². The van der Waals surface area contributed by atoms with Gasteiger partial charge in [0.05, 0.1) is 21.0 Å². The Morgan fingerprint density at radius 1 is 1.12 bits per heavy atom. The molecule has 1 N–H and O–H groups in total. The lowest BCUT2D eigenvalue weighted by Crippen LogP contribution is -1.97. The highest BCUT2D eigenvalue weighted by Gasteiger charge is 2.17. The third kappa shape index (κ3) is 3.54. The second kappa shape index (κ2) is 6.30. The molecule has 0 saturated carbocycles. The number of hydrogen-bond donors (Lipinski definition) is 1. The van der Waals surface area contributed by atoms with Crippen molar-refractivity contribution in [3.63, 3.8) is 0 Å². The summed E-state index contributed by atoms with van der Waals surface area (Å²) in [5, 5.41) is 17.0. The zero-order chi connectivity index (χ0) is 18.2. The summed E-state index contributed by atoms with van der Waals surface area (Å²) in [4.78, 5) is 11.1. The van der Waals surface area contributed by atoms with Gasteiger partial charge >= 0.3 is 5.97 Å². The van der Waals surface area contributed by atoms with Gasteiger partial charge in [0, 0.05) is 11.8 Å². The molecule has 0 fully saturated rings. The van der Waals surface area contributed by atoms with Crippen LogP contribution in [0.15, 0.2) is 51.8 Å². The molecule has 0 unspecified atom stereocenters. The van der Waals surface area contributed by atoms with Gasteiger partial charge in [0.25, 0.3) is 0 Å². The fourth-order valence-electron chi connectivity index (χ4n) is 2.13. The Balaban J connectivity index is 2.00. The fourth-order valence-corrected chi connectivity index (χ4v) is 3.11. The molecular formula is C16H11ClN2O5S. The van der Waals surface area contributed by atoms with Gasteiger partial charge in [0.2, 0.25) is 11.8 Å². The van der Waals surface area contributed by atoms with E-state index in [0.29, 0.717) is 11.1 Å². The van der Waals surface area contributed by atoms with Crippen LogP contribution in [0.4, 0.5) is 0 Å². The summed E-state index contributed by atoms with van der Waals surface area (Å²) in [6, 6.07) is 10.2. The van der Waals surface area contributed by atoms with E-state index in [0.717, 1.165) is 6.26 Å². The minimum atomic E-state index is -3.38. The Hall–Kier alpha value is -2.71. The highest BCUT2D eigenvalue weighted by atomic mass is 35.5. The molecule has 9 heteroatoms. The average Bonchev–Trinajstić information content (AvgIpc) is 3.03. The standard InChI is InChI=1S/C16H11ClN2O5S/c1-25(22,23)11-5-6-12(13(17)8-11)15-19-18-14(24-15)9-3-2-4-10(7-9)16(20)21/h2-8H,1H3,(H,20,21). The Labute approximate surface area is 147 Å². The molecule has 0 spiro atoms. The maximum atomic E-state index is 11.6. The number of halogens is 1. The zero-order valence-corrected chi connectivity index (χ0v) is 14.4. The number of aromatic nitrogens is 2. The molecule has 7 nitrogen and oxygen atoms in total. The van der Waals surface area contributed by atoms with E-state index in [-0.39, 0.29) is 27.3 Å². The summed E-state index contributed by atoms with van der Waals surface area (Å²) in [5.74, 6) is -0.844. The first-order chi connectivity index (χ1) is 11.8. The molecule has 0 saturated heterocycles. The molecule has 0 bridgehead atoms. The topological polar surface area (TPSA) is 110 Å². The largest absolute Gasteiger partial charge is 0.478 e. The molecule has 0 aliphatic carbocycles. The summed E-state index contributed by atoms with van der Waals surface area (Å²) < 4.78 is 28.6. The monoisotopic (exact) mass is 378 g/mol. The molecule has 1 aromatic heterocycles. The van der Waals surface area contributed by atoms with E-state index in [1.165, 1.54) is 30.3 Å².